The first-order chi connectivity index (χ1) is 12.4. The Morgan fingerprint density at radius 2 is 1.88 bits per heavy atom. The summed E-state index contributed by atoms with van der Waals surface area (Å²) in [4.78, 5) is 12.3. The number of carbonyl (C=O) groups is 1. The van der Waals surface area contributed by atoms with Gasteiger partial charge in [0, 0.05) is 18.2 Å². The Morgan fingerprint density at radius 3 is 2.50 bits per heavy atom. The highest BCUT2D eigenvalue weighted by Crippen LogP contribution is 2.28. The third-order valence-electron chi connectivity index (χ3n) is 3.98. The molecule has 26 heavy (non-hydrogen) atoms. The van der Waals surface area contributed by atoms with E-state index in [0.717, 1.165) is 18.4 Å². The summed E-state index contributed by atoms with van der Waals surface area (Å²) in [6, 6.07) is 9.94. The molecule has 8 heteroatoms. The van der Waals surface area contributed by atoms with Crippen LogP contribution in [0.4, 0.5) is 4.39 Å². The van der Waals surface area contributed by atoms with Crippen LogP contribution in [0.5, 0.6) is 5.75 Å². The van der Waals surface area contributed by atoms with Crippen LogP contribution in [0.2, 0.25) is 0 Å². The van der Waals surface area contributed by atoms with Gasteiger partial charge in [0.2, 0.25) is 10.0 Å². The fraction of sp³-hybridized carbons (Fsp3) is 0.278. The summed E-state index contributed by atoms with van der Waals surface area (Å²) < 4.78 is 45.6. The Bertz CT molecular complexity index is 909. The van der Waals surface area contributed by atoms with Crippen molar-refractivity contribution in [1.29, 1.82) is 0 Å². The number of nitrogens with one attached hydrogen (secondary N) is 2. The maximum Gasteiger partial charge on any atom is 0.251 e. The molecule has 2 aromatic rings. The van der Waals surface area contributed by atoms with Gasteiger partial charge >= 0.3 is 0 Å². The third-order valence-corrected chi connectivity index (χ3v) is 5.52. The van der Waals surface area contributed by atoms with E-state index in [4.69, 9.17) is 4.74 Å². The van der Waals surface area contributed by atoms with Gasteiger partial charge in [-0.15, -0.1) is 0 Å². The van der Waals surface area contributed by atoms with E-state index in [-0.39, 0.29) is 34.6 Å². The van der Waals surface area contributed by atoms with Gasteiger partial charge in [0.15, 0.2) is 0 Å². The van der Waals surface area contributed by atoms with Crippen LogP contribution in [0.1, 0.15) is 28.8 Å². The molecule has 0 saturated heterocycles. The number of ether oxygens (including phenoxy) is 1. The molecule has 138 valence electrons. The van der Waals surface area contributed by atoms with E-state index in [1.165, 1.54) is 37.4 Å². The Balaban J connectivity index is 1.77. The molecule has 0 aromatic heterocycles. The second-order valence-corrected chi connectivity index (χ2v) is 7.75. The summed E-state index contributed by atoms with van der Waals surface area (Å²) in [5, 5.41) is 2.69. The lowest BCUT2D eigenvalue weighted by Crippen LogP contribution is -2.27. The van der Waals surface area contributed by atoms with Crippen LogP contribution >= 0.6 is 0 Å². The highest BCUT2D eigenvalue weighted by atomic mass is 32.2. The van der Waals surface area contributed by atoms with E-state index in [0.29, 0.717) is 0 Å². The zero-order valence-corrected chi connectivity index (χ0v) is 15.0. The average Bonchev–Trinajstić information content (AvgIpc) is 3.43. The summed E-state index contributed by atoms with van der Waals surface area (Å²) in [6.07, 6.45) is 1.61. The van der Waals surface area contributed by atoms with Gasteiger partial charge in [-0.3, -0.25) is 4.79 Å². The molecular weight excluding hydrogens is 359 g/mol. The van der Waals surface area contributed by atoms with E-state index >= 15 is 0 Å². The van der Waals surface area contributed by atoms with Crippen molar-refractivity contribution in [2.45, 2.75) is 30.3 Å². The number of halogens is 1. The first-order valence-electron chi connectivity index (χ1n) is 8.12. The van der Waals surface area contributed by atoms with Gasteiger partial charge in [-0.2, -0.15) is 0 Å². The van der Waals surface area contributed by atoms with E-state index in [1.54, 1.807) is 12.1 Å². The lowest BCUT2D eigenvalue weighted by Gasteiger charge is -2.12. The fourth-order valence-corrected chi connectivity index (χ4v) is 3.90. The lowest BCUT2D eigenvalue weighted by molar-refractivity contribution is 0.0950. The number of sulfonamides is 1. The van der Waals surface area contributed by atoms with Gasteiger partial charge in [-0.1, -0.05) is 12.1 Å². The number of hydrogen-bond donors (Lipinski definition) is 2. The molecule has 0 spiro atoms. The molecule has 0 radical (unpaired) electrons. The minimum atomic E-state index is -3.76. The normalized spacial score (nSPS) is 14.1. The third kappa shape index (κ3) is 4.39. The largest absolute Gasteiger partial charge is 0.495 e. The molecular formula is C18H19FN2O4S. The summed E-state index contributed by atoms with van der Waals surface area (Å²) in [7, 11) is -2.39. The monoisotopic (exact) mass is 378 g/mol. The summed E-state index contributed by atoms with van der Waals surface area (Å²) in [6.45, 7) is 0.202. The van der Waals surface area contributed by atoms with Crippen LogP contribution in [0, 0.1) is 5.82 Å². The van der Waals surface area contributed by atoms with E-state index in [2.05, 4.69) is 10.0 Å². The summed E-state index contributed by atoms with van der Waals surface area (Å²) in [5.41, 5.74) is 0.931. The van der Waals surface area contributed by atoms with Crippen LogP contribution in [0.25, 0.3) is 0 Å². The van der Waals surface area contributed by atoms with Gasteiger partial charge in [0.25, 0.3) is 5.91 Å². The molecule has 0 atom stereocenters. The fourth-order valence-electron chi connectivity index (χ4n) is 2.40. The first-order valence-corrected chi connectivity index (χ1v) is 9.60. The number of amides is 1. The van der Waals surface area contributed by atoms with Gasteiger partial charge in [0.1, 0.15) is 16.5 Å². The van der Waals surface area contributed by atoms with Crippen molar-refractivity contribution >= 4 is 15.9 Å². The number of methoxy groups -OCH3 is 1. The standard InChI is InChI=1S/C18H19FN2O4S/c1-25-16-9-4-13(10-17(16)26(23,24)21-15-7-8-15)18(22)20-11-12-2-5-14(19)6-3-12/h2-6,9-10,15,21H,7-8,11H2,1H3,(H,20,22). The van der Waals surface area contributed by atoms with Crippen molar-refractivity contribution in [3.63, 3.8) is 0 Å². The van der Waals surface area contributed by atoms with Crippen molar-refractivity contribution in [2.24, 2.45) is 0 Å². The molecule has 2 aromatic carbocycles. The van der Waals surface area contributed by atoms with Gasteiger partial charge in [0.05, 0.1) is 7.11 Å². The highest BCUT2D eigenvalue weighted by Gasteiger charge is 2.30. The molecule has 3 rings (SSSR count). The smallest absolute Gasteiger partial charge is 0.251 e. The molecule has 1 aliphatic carbocycles. The maximum atomic E-state index is 12.9. The minimum absolute atomic E-state index is 0.0549. The van der Waals surface area contributed by atoms with Crippen LogP contribution in [-0.2, 0) is 16.6 Å². The molecule has 0 heterocycles. The molecule has 2 N–H and O–H groups in total. The van der Waals surface area contributed by atoms with Crippen LogP contribution in [0.3, 0.4) is 0 Å². The SMILES string of the molecule is COc1ccc(C(=O)NCc2ccc(F)cc2)cc1S(=O)(=O)NC1CC1. The quantitative estimate of drug-likeness (QED) is 0.774. The molecule has 1 saturated carbocycles. The zero-order valence-electron chi connectivity index (χ0n) is 14.2. The first kappa shape index (κ1) is 18.3. The molecule has 1 aliphatic rings. The number of carbonyl (C=O) groups excluding carboxylic acids is 1. The predicted octanol–water partition coefficient (Wildman–Crippen LogP) is 2.21. The van der Waals surface area contributed by atoms with Gasteiger partial charge in [-0.05, 0) is 48.7 Å². The average molecular weight is 378 g/mol. The van der Waals surface area contributed by atoms with E-state index < -0.39 is 15.9 Å². The molecule has 1 fully saturated rings. The Hall–Kier alpha value is -2.45. The maximum absolute atomic E-state index is 12.9. The van der Waals surface area contributed by atoms with Crippen LogP contribution in [-0.4, -0.2) is 27.5 Å². The number of rotatable bonds is 7. The second kappa shape index (κ2) is 7.43. The van der Waals surface area contributed by atoms with Crippen molar-refractivity contribution in [2.75, 3.05) is 7.11 Å². The Morgan fingerprint density at radius 1 is 1.19 bits per heavy atom. The topological polar surface area (TPSA) is 84.5 Å². The molecule has 0 unspecified atom stereocenters. The zero-order chi connectivity index (χ0) is 18.7. The van der Waals surface area contributed by atoms with E-state index in [9.17, 15) is 17.6 Å². The molecule has 0 aliphatic heterocycles. The molecule has 6 nitrogen and oxygen atoms in total. The molecule has 1 amide bonds. The summed E-state index contributed by atoms with van der Waals surface area (Å²) >= 11 is 0. The predicted molar refractivity (Wildman–Crippen MR) is 93.9 cm³/mol. The van der Waals surface area contributed by atoms with Gasteiger partial charge in [-0.25, -0.2) is 17.5 Å². The molecule has 0 bridgehead atoms. The Labute approximate surface area is 151 Å². The second-order valence-electron chi connectivity index (χ2n) is 6.07. The number of hydrogen-bond acceptors (Lipinski definition) is 4. The van der Waals surface area contributed by atoms with Crippen molar-refractivity contribution in [1.82, 2.24) is 10.0 Å². The van der Waals surface area contributed by atoms with Crippen molar-refractivity contribution < 1.29 is 22.3 Å². The van der Waals surface area contributed by atoms with Crippen molar-refractivity contribution in [3.8, 4) is 5.75 Å². The minimum Gasteiger partial charge on any atom is -0.495 e. The Kier molecular flexibility index (Phi) is 5.24. The van der Waals surface area contributed by atoms with Crippen LogP contribution in [0.15, 0.2) is 47.4 Å². The van der Waals surface area contributed by atoms with Crippen LogP contribution < -0.4 is 14.8 Å². The van der Waals surface area contributed by atoms with Gasteiger partial charge < -0.3 is 10.1 Å². The highest BCUT2D eigenvalue weighted by molar-refractivity contribution is 7.89. The van der Waals surface area contributed by atoms with E-state index in [1.807, 2.05) is 0 Å². The van der Waals surface area contributed by atoms with Crippen molar-refractivity contribution in [3.05, 3.63) is 59.4 Å². The number of benzene rings is 2. The lowest BCUT2D eigenvalue weighted by atomic mass is 10.2. The summed E-state index contributed by atoms with van der Waals surface area (Å²) in [5.74, 6) is -0.610.